The lowest BCUT2D eigenvalue weighted by atomic mass is 9.80. The Labute approximate surface area is 197 Å². The molecule has 2 atom stereocenters. The number of aromatic nitrogens is 1. The normalized spacial score (nSPS) is 22.2. The standard InChI is InChI=1S/C23H19ClF4N2O4/c1-12-13(2)33-19(24)11-15(12)21(31)30-22(7-9-32-18-4-3-8-29-20(18)22)14-5-6-17(16(25)10-14)34-23(26,27)28/h3-6,8,10-11,13H,7,9H2,1-2H3,(H,30,31). The minimum atomic E-state index is -5.06. The summed E-state index contributed by atoms with van der Waals surface area (Å²) in [6.45, 7) is 3.58. The highest BCUT2D eigenvalue weighted by Gasteiger charge is 2.44. The SMILES string of the molecule is CC1=C(C(=O)NC2(c3ccc(OC(F)(F)F)c(F)c3)CCOc3cccnc32)C=C(Cl)OC1C. The van der Waals surface area contributed by atoms with Gasteiger partial charge in [0, 0.05) is 24.3 Å². The number of pyridine rings is 1. The Bertz CT molecular complexity index is 1200. The van der Waals surface area contributed by atoms with Crippen LogP contribution in [0.2, 0.25) is 0 Å². The summed E-state index contributed by atoms with van der Waals surface area (Å²) in [5.74, 6) is -2.42. The van der Waals surface area contributed by atoms with E-state index < -0.39 is 35.5 Å². The minimum absolute atomic E-state index is 0.0301. The summed E-state index contributed by atoms with van der Waals surface area (Å²) in [7, 11) is 0. The molecule has 3 heterocycles. The number of rotatable bonds is 4. The number of alkyl halides is 3. The average molecular weight is 499 g/mol. The summed E-state index contributed by atoms with van der Waals surface area (Å²) < 4.78 is 67.4. The van der Waals surface area contributed by atoms with Gasteiger partial charge in [-0.2, -0.15) is 0 Å². The maximum atomic E-state index is 14.7. The summed E-state index contributed by atoms with van der Waals surface area (Å²) in [6, 6.07) is 6.28. The molecule has 0 saturated carbocycles. The van der Waals surface area contributed by atoms with Gasteiger partial charge in [0.15, 0.2) is 16.8 Å². The Morgan fingerprint density at radius 2 is 2.09 bits per heavy atom. The summed E-state index contributed by atoms with van der Waals surface area (Å²) in [5.41, 5.74) is -0.0786. The van der Waals surface area contributed by atoms with Crippen molar-refractivity contribution in [2.75, 3.05) is 6.61 Å². The van der Waals surface area contributed by atoms with Gasteiger partial charge in [-0.15, -0.1) is 13.2 Å². The van der Waals surface area contributed by atoms with E-state index in [1.165, 1.54) is 18.3 Å². The third kappa shape index (κ3) is 4.54. The molecule has 11 heteroatoms. The van der Waals surface area contributed by atoms with Gasteiger partial charge in [-0.1, -0.05) is 6.07 Å². The van der Waals surface area contributed by atoms with E-state index in [0.717, 1.165) is 12.1 Å². The molecule has 34 heavy (non-hydrogen) atoms. The van der Waals surface area contributed by atoms with Crippen molar-refractivity contribution < 1.29 is 36.6 Å². The van der Waals surface area contributed by atoms with Crippen molar-refractivity contribution in [3.63, 3.8) is 0 Å². The highest BCUT2D eigenvalue weighted by molar-refractivity contribution is 6.29. The first-order valence-corrected chi connectivity index (χ1v) is 10.6. The van der Waals surface area contributed by atoms with Gasteiger partial charge in [-0.3, -0.25) is 9.78 Å². The fourth-order valence-electron chi connectivity index (χ4n) is 3.95. The van der Waals surface area contributed by atoms with E-state index in [2.05, 4.69) is 15.0 Å². The first kappa shape index (κ1) is 23.9. The van der Waals surface area contributed by atoms with Crippen LogP contribution in [0.1, 0.15) is 31.5 Å². The number of ether oxygens (including phenoxy) is 3. The lowest BCUT2D eigenvalue weighted by molar-refractivity contribution is -0.275. The van der Waals surface area contributed by atoms with Gasteiger partial charge in [0.25, 0.3) is 5.91 Å². The van der Waals surface area contributed by atoms with Crippen molar-refractivity contribution in [2.45, 2.75) is 38.3 Å². The molecule has 1 aromatic carbocycles. The van der Waals surface area contributed by atoms with Crippen LogP contribution in [0, 0.1) is 5.82 Å². The van der Waals surface area contributed by atoms with E-state index in [-0.39, 0.29) is 35.1 Å². The number of nitrogens with one attached hydrogen (secondary N) is 1. The molecule has 2 aliphatic rings. The molecule has 1 N–H and O–H groups in total. The van der Waals surface area contributed by atoms with Crippen LogP contribution in [0.3, 0.4) is 0 Å². The maximum absolute atomic E-state index is 14.7. The number of nitrogens with zero attached hydrogens (tertiary/aromatic N) is 1. The third-order valence-corrected chi connectivity index (χ3v) is 5.91. The number of fused-ring (bicyclic) bond motifs is 1. The first-order chi connectivity index (χ1) is 16.0. The fourth-order valence-corrected chi connectivity index (χ4v) is 4.19. The van der Waals surface area contributed by atoms with Crippen LogP contribution in [0.5, 0.6) is 11.5 Å². The first-order valence-electron chi connectivity index (χ1n) is 10.2. The van der Waals surface area contributed by atoms with Crippen LogP contribution in [-0.4, -0.2) is 30.0 Å². The Kier molecular flexibility index (Phi) is 6.20. The molecule has 180 valence electrons. The predicted octanol–water partition coefficient (Wildman–Crippen LogP) is 5.08. The van der Waals surface area contributed by atoms with E-state index >= 15 is 0 Å². The summed E-state index contributed by atoms with van der Waals surface area (Å²) >= 11 is 6.02. The molecule has 2 aromatic rings. The van der Waals surface area contributed by atoms with E-state index in [1.54, 1.807) is 26.0 Å². The zero-order chi connectivity index (χ0) is 24.7. The van der Waals surface area contributed by atoms with E-state index in [9.17, 15) is 22.4 Å². The summed E-state index contributed by atoms with van der Waals surface area (Å²) in [6.07, 6.45) is -2.53. The molecule has 1 aromatic heterocycles. The molecule has 0 fully saturated rings. The number of amides is 1. The van der Waals surface area contributed by atoms with Gasteiger partial charge in [0.2, 0.25) is 0 Å². The molecule has 0 bridgehead atoms. The summed E-state index contributed by atoms with van der Waals surface area (Å²) in [4.78, 5) is 17.8. The number of hydrogen-bond acceptors (Lipinski definition) is 5. The molecule has 2 aliphatic heterocycles. The van der Waals surface area contributed by atoms with Gasteiger partial charge in [0.1, 0.15) is 23.1 Å². The van der Waals surface area contributed by atoms with Gasteiger partial charge in [-0.25, -0.2) is 4.39 Å². The minimum Gasteiger partial charge on any atom is -0.491 e. The smallest absolute Gasteiger partial charge is 0.491 e. The Morgan fingerprint density at radius 1 is 1.32 bits per heavy atom. The van der Waals surface area contributed by atoms with E-state index in [4.69, 9.17) is 21.1 Å². The second-order valence-electron chi connectivity index (χ2n) is 7.81. The van der Waals surface area contributed by atoms with Gasteiger partial charge >= 0.3 is 6.36 Å². The number of hydrogen-bond donors (Lipinski definition) is 1. The van der Waals surface area contributed by atoms with Crippen molar-refractivity contribution in [3.8, 4) is 11.5 Å². The average Bonchev–Trinajstić information content (AvgIpc) is 2.77. The van der Waals surface area contributed by atoms with Crippen molar-refractivity contribution in [3.05, 3.63) is 76.0 Å². The number of halogens is 5. The topological polar surface area (TPSA) is 69.7 Å². The van der Waals surface area contributed by atoms with E-state index in [0.29, 0.717) is 11.3 Å². The molecule has 1 amide bonds. The van der Waals surface area contributed by atoms with Crippen molar-refractivity contribution >= 4 is 17.5 Å². The molecule has 0 saturated heterocycles. The maximum Gasteiger partial charge on any atom is 0.573 e. The Hall–Kier alpha value is -3.27. The Balaban J connectivity index is 1.82. The van der Waals surface area contributed by atoms with Crippen LogP contribution >= 0.6 is 11.6 Å². The largest absolute Gasteiger partial charge is 0.573 e. The van der Waals surface area contributed by atoms with Gasteiger partial charge in [-0.05, 0) is 60.9 Å². The predicted molar refractivity (Wildman–Crippen MR) is 114 cm³/mol. The van der Waals surface area contributed by atoms with Crippen molar-refractivity contribution in [2.24, 2.45) is 0 Å². The van der Waals surface area contributed by atoms with Gasteiger partial charge in [0.05, 0.1) is 6.61 Å². The quantitative estimate of drug-likeness (QED) is 0.596. The summed E-state index contributed by atoms with van der Waals surface area (Å²) in [5, 5.41) is 2.94. The van der Waals surface area contributed by atoms with Gasteiger partial charge < -0.3 is 19.5 Å². The molecule has 4 rings (SSSR count). The van der Waals surface area contributed by atoms with Crippen LogP contribution in [0.4, 0.5) is 17.6 Å². The van der Waals surface area contributed by atoms with Crippen molar-refractivity contribution in [1.82, 2.24) is 10.3 Å². The molecular weight excluding hydrogens is 480 g/mol. The molecule has 2 unspecified atom stereocenters. The lowest BCUT2D eigenvalue weighted by Crippen LogP contribution is -2.51. The van der Waals surface area contributed by atoms with Crippen molar-refractivity contribution in [1.29, 1.82) is 0 Å². The second-order valence-corrected chi connectivity index (χ2v) is 8.18. The third-order valence-electron chi connectivity index (χ3n) is 5.71. The molecule has 0 spiro atoms. The lowest BCUT2D eigenvalue weighted by Gasteiger charge is -2.39. The zero-order valence-corrected chi connectivity index (χ0v) is 18.8. The zero-order valence-electron chi connectivity index (χ0n) is 18.0. The Morgan fingerprint density at radius 3 is 2.79 bits per heavy atom. The van der Waals surface area contributed by atoms with E-state index in [1.807, 2.05) is 0 Å². The molecule has 0 radical (unpaired) electrons. The fraction of sp³-hybridized carbons (Fsp3) is 0.304. The monoisotopic (exact) mass is 498 g/mol. The molecule has 0 aliphatic carbocycles. The number of carbonyl (C=O) groups is 1. The van der Waals surface area contributed by atoms with Crippen LogP contribution in [0.15, 0.2) is 59.0 Å². The highest BCUT2D eigenvalue weighted by atomic mass is 35.5. The van der Waals surface area contributed by atoms with Crippen LogP contribution in [-0.2, 0) is 15.1 Å². The number of benzene rings is 1. The molecular formula is C23H19ClF4N2O4. The number of carbonyl (C=O) groups excluding carboxylic acids is 1. The highest BCUT2D eigenvalue weighted by Crippen LogP contribution is 2.42. The van der Waals surface area contributed by atoms with Crippen LogP contribution in [0.25, 0.3) is 0 Å². The molecule has 6 nitrogen and oxygen atoms in total. The second kappa shape index (κ2) is 8.83. The van der Waals surface area contributed by atoms with Crippen LogP contribution < -0.4 is 14.8 Å².